The highest BCUT2D eigenvalue weighted by atomic mass is 32.1. The first-order valence-electron chi connectivity index (χ1n) is 9.82. The first kappa shape index (κ1) is 19.6. The van der Waals surface area contributed by atoms with Crippen LogP contribution in [-0.4, -0.2) is 70.1 Å². The monoisotopic (exact) mass is 439 g/mol. The van der Waals surface area contributed by atoms with Gasteiger partial charge in [0.2, 0.25) is 5.95 Å². The smallest absolute Gasteiger partial charge is 0.327 e. The molecule has 1 amide bonds. The molecule has 3 fully saturated rings. The Labute approximate surface area is 182 Å². The van der Waals surface area contributed by atoms with E-state index in [2.05, 4.69) is 24.8 Å². The summed E-state index contributed by atoms with van der Waals surface area (Å²) < 4.78 is 11.6. The molecule has 10 nitrogen and oxygen atoms in total. The molecule has 2 aromatic heterocycles. The van der Waals surface area contributed by atoms with Crippen LogP contribution in [0, 0.1) is 0 Å². The average molecular weight is 440 g/mol. The molecule has 3 aromatic rings. The van der Waals surface area contributed by atoms with Gasteiger partial charge in [-0.2, -0.15) is 15.0 Å². The summed E-state index contributed by atoms with van der Waals surface area (Å²) in [6.07, 6.45) is 3.14. The molecule has 0 spiro atoms. The number of anilines is 2. The van der Waals surface area contributed by atoms with E-state index in [1.54, 1.807) is 44.6 Å². The van der Waals surface area contributed by atoms with Gasteiger partial charge < -0.3 is 25.0 Å². The number of carbonyl (C=O) groups excluding carboxylic acids is 1. The van der Waals surface area contributed by atoms with Crippen LogP contribution in [-0.2, 0) is 4.74 Å². The second-order valence-corrected chi connectivity index (χ2v) is 8.71. The van der Waals surface area contributed by atoms with Gasteiger partial charge in [0, 0.05) is 39.2 Å². The van der Waals surface area contributed by atoms with E-state index in [0.717, 1.165) is 24.4 Å². The summed E-state index contributed by atoms with van der Waals surface area (Å²) in [7, 11) is 3.42. The van der Waals surface area contributed by atoms with Crippen LogP contribution in [0.2, 0.25) is 0 Å². The average Bonchev–Trinajstić information content (AvgIpc) is 3.19. The number of fused-ring (bicyclic) bond motifs is 2. The zero-order valence-electron chi connectivity index (χ0n) is 17.1. The second-order valence-electron chi connectivity index (χ2n) is 7.65. The number of nitrogens with two attached hydrogens (primary N) is 1. The van der Waals surface area contributed by atoms with Gasteiger partial charge in [-0.05, 0) is 24.3 Å². The molecule has 2 N–H and O–H groups in total. The van der Waals surface area contributed by atoms with E-state index in [0.29, 0.717) is 28.2 Å². The number of rotatable bonds is 5. The molecule has 0 aliphatic carbocycles. The number of amides is 1. The molecule has 2 bridgehead atoms. The summed E-state index contributed by atoms with van der Waals surface area (Å²) in [5.74, 6) is 1.43. The third-order valence-electron chi connectivity index (χ3n) is 5.11. The quantitative estimate of drug-likeness (QED) is 0.637. The van der Waals surface area contributed by atoms with E-state index in [9.17, 15) is 4.79 Å². The molecule has 2 unspecified atom stereocenters. The zero-order chi connectivity index (χ0) is 21.5. The van der Waals surface area contributed by atoms with Gasteiger partial charge in [-0.3, -0.25) is 4.79 Å². The molecule has 3 aliphatic rings. The van der Waals surface area contributed by atoms with Gasteiger partial charge in [0.25, 0.3) is 5.91 Å². The van der Waals surface area contributed by atoms with Gasteiger partial charge >= 0.3 is 6.01 Å². The van der Waals surface area contributed by atoms with Crippen molar-refractivity contribution in [3.05, 3.63) is 36.0 Å². The third-order valence-corrected chi connectivity index (χ3v) is 5.93. The Morgan fingerprint density at radius 1 is 1.19 bits per heavy atom. The molecule has 3 aliphatic heterocycles. The van der Waals surface area contributed by atoms with E-state index in [1.807, 2.05) is 0 Å². The molecule has 6 rings (SSSR count). The number of benzene rings is 1. The fourth-order valence-electron chi connectivity index (χ4n) is 3.58. The predicted molar refractivity (Wildman–Crippen MR) is 115 cm³/mol. The number of ether oxygens (including phenoxy) is 2. The second kappa shape index (κ2) is 7.75. The van der Waals surface area contributed by atoms with Crippen molar-refractivity contribution in [2.45, 2.75) is 18.6 Å². The van der Waals surface area contributed by atoms with Crippen LogP contribution >= 0.6 is 11.3 Å². The van der Waals surface area contributed by atoms with Crippen molar-refractivity contribution < 1.29 is 14.3 Å². The Bertz CT molecular complexity index is 1100. The van der Waals surface area contributed by atoms with Crippen molar-refractivity contribution in [1.29, 1.82) is 0 Å². The fraction of sp³-hybridized carbons (Fsp3) is 0.350. The van der Waals surface area contributed by atoms with Gasteiger partial charge in [0.05, 0.1) is 23.3 Å². The minimum absolute atomic E-state index is 0.0787. The Kier molecular flexibility index (Phi) is 4.91. The van der Waals surface area contributed by atoms with E-state index in [-0.39, 0.29) is 24.1 Å². The van der Waals surface area contributed by atoms with Crippen LogP contribution in [0.1, 0.15) is 16.8 Å². The number of aromatic nitrogens is 4. The van der Waals surface area contributed by atoms with E-state index >= 15 is 0 Å². The highest BCUT2D eigenvalue weighted by Gasteiger charge is 2.39. The Morgan fingerprint density at radius 2 is 1.90 bits per heavy atom. The Balaban J connectivity index is 1.44. The summed E-state index contributed by atoms with van der Waals surface area (Å²) >= 11 is 1.30. The Hall–Kier alpha value is -3.31. The first-order chi connectivity index (χ1) is 14.9. The van der Waals surface area contributed by atoms with Gasteiger partial charge in [-0.1, -0.05) is 11.3 Å². The molecular weight excluding hydrogens is 418 g/mol. The van der Waals surface area contributed by atoms with Crippen LogP contribution in [0.15, 0.2) is 30.5 Å². The fourth-order valence-corrected chi connectivity index (χ4v) is 4.20. The maximum atomic E-state index is 12.1. The third kappa shape index (κ3) is 4.01. The van der Waals surface area contributed by atoms with Crippen LogP contribution in [0.5, 0.6) is 11.8 Å². The standard InChI is InChI=1S/C20H21N7O3S/c1-26(2)17(28)11-3-5-12(6-4-11)30-20-24-16(15-8-22-18(21)31-15)23-19(25-20)27-9-13-7-14(10-27)29-13/h3-6,8,13-14H,7,9-10H2,1-2H3,(H2,21,22). The normalized spacial score (nSPS) is 19.6. The molecular formula is C20H21N7O3S. The molecule has 11 heteroatoms. The largest absolute Gasteiger partial charge is 0.424 e. The maximum Gasteiger partial charge on any atom is 0.327 e. The highest BCUT2D eigenvalue weighted by Crippen LogP contribution is 2.33. The molecule has 1 aromatic carbocycles. The predicted octanol–water partition coefficient (Wildman–Crippen LogP) is 2.05. The number of thiazole rings is 1. The SMILES string of the molecule is CN(C)C(=O)c1ccc(Oc2nc(-c3cnc(N)s3)nc(N3CC4CC(C3)O4)n2)cc1. The van der Waals surface area contributed by atoms with Gasteiger partial charge in [0.15, 0.2) is 11.0 Å². The number of hydrogen-bond donors (Lipinski definition) is 1. The number of nitrogens with zero attached hydrogens (tertiary/aromatic N) is 6. The molecule has 3 saturated heterocycles. The summed E-state index contributed by atoms with van der Waals surface area (Å²) in [5, 5.41) is 0.438. The van der Waals surface area contributed by atoms with Crippen LogP contribution in [0.25, 0.3) is 10.7 Å². The molecule has 5 heterocycles. The number of hydrogen-bond acceptors (Lipinski definition) is 10. The van der Waals surface area contributed by atoms with Crippen molar-refractivity contribution in [2.24, 2.45) is 0 Å². The first-order valence-corrected chi connectivity index (χ1v) is 10.6. The molecule has 160 valence electrons. The van der Waals surface area contributed by atoms with Crippen LogP contribution < -0.4 is 15.4 Å². The minimum Gasteiger partial charge on any atom is -0.424 e. The lowest BCUT2D eigenvalue weighted by molar-refractivity contribution is -0.133. The van der Waals surface area contributed by atoms with E-state index < -0.39 is 0 Å². The topological polar surface area (TPSA) is 120 Å². The van der Waals surface area contributed by atoms with Crippen LogP contribution in [0.3, 0.4) is 0 Å². The Morgan fingerprint density at radius 3 is 2.52 bits per heavy atom. The molecule has 31 heavy (non-hydrogen) atoms. The molecule has 0 saturated carbocycles. The summed E-state index contributed by atoms with van der Waals surface area (Å²) in [6.45, 7) is 1.46. The summed E-state index contributed by atoms with van der Waals surface area (Å²) in [4.78, 5) is 34.1. The van der Waals surface area contributed by atoms with E-state index in [4.69, 9.17) is 15.2 Å². The van der Waals surface area contributed by atoms with Crippen molar-refractivity contribution in [1.82, 2.24) is 24.8 Å². The molecule has 2 atom stereocenters. The number of carbonyl (C=O) groups is 1. The van der Waals surface area contributed by atoms with Crippen LogP contribution in [0.4, 0.5) is 11.1 Å². The highest BCUT2D eigenvalue weighted by molar-refractivity contribution is 7.18. The van der Waals surface area contributed by atoms with Crippen molar-refractivity contribution in [3.63, 3.8) is 0 Å². The van der Waals surface area contributed by atoms with Crippen molar-refractivity contribution in [3.8, 4) is 22.5 Å². The van der Waals surface area contributed by atoms with Crippen molar-refractivity contribution >= 4 is 28.3 Å². The summed E-state index contributed by atoms with van der Waals surface area (Å²) in [5.41, 5.74) is 6.36. The lowest BCUT2D eigenvalue weighted by atomic mass is 9.99. The zero-order valence-corrected chi connectivity index (χ0v) is 17.9. The number of nitrogen functional groups attached to an aromatic ring is 1. The van der Waals surface area contributed by atoms with E-state index in [1.165, 1.54) is 16.2 Å². The molecule has 0 radical (unpaired) electrons. The number of morpholine rings is 1. The minimum atomic E-state index is -0.0787. The van der Waals surface area contributed by atoms with Gasteiger partial charge in [-0.25, -0.2) is 4.98 Å². The van der Waals surface area contributed by atoms with Crippen molar-refractivity contribution in [2.75, 3.05) is 37.8 Å². The maximum absolute atomic E-state index is 12.1. The lowest BCUT2D eigenvalue weighted by Crippen LogP contribution is -2.57. The summed E-state index contributed by atoms with van der Waals surface area (Å²) in [6, 6.07) is 7.02. The lowest BCUT2D eigenvalue weighted by Gasteiger charge is -2.46. The number of piperidine rings is 1. The van der Waals surface area contributed by atoms with Gasteiger partial charge in [-0.15, -0.1) is 0 Å². The van der Waals surface area contributed by atoms with Gasteiger partial charge in [0.1, 0.15) is 5.75 Å².